The van der Waals surface area contributed by atoms with E-state index in [0.717, 1.165) is 6.20 Å². The molecule has 0 spiro atoms. The van der Waals surface area contributed by atoms with Crippen LogP contribution in [0.15, 0.2) is 30.7 Å². The lowest BCUT2D eigenvalue weighted by Gasteiger charge is -1.98. The second kappa shape index (κ2) is 3.93. The predicted molar refractivity (Wildman–Crippen MR) is 53.2 cm³/mol. The van der Waals surface area contributed by atoms with Gasteiger partial charge in [0, 0.05) is 18.0 Å². The number of aromatic nitrogens is 3. The van der Waals surface area contributed by atoms with Crippen molar-refractivity contribution in [2.75, 3.05) is 0 Å². The van der Waals surface area contributed by atoms with Crippen molar-refractivity contribution in [3.8, 4) is 0 Å². The Balaban J connectivity index is 2.42. The van der Waals surface area contributed by atoms with Crippen molar-refractivity contribution in [1.29, 1.82) is 0 Å². The first-order valence-electron chi connectivity index (χ1n) is 4.41. The highest BCUT2D eigenvalue weighted by Gasteiger charge is 2.19. The molecule has 0 atom stereocenters. The topological polar surface area (TPSA) is 95.9 Å². The van der Waals surface area contributed by atoms with E-state index in [1.54, 1.807) is 12.1 Å². The van der Waals surface area contributed by atoms with Crippen LogP contribution in [0.2, 0.25) is 0 Å². The average Bonchev–Trinajstić information content (AvgIpc) is 2.78. The minimum Gasteiger partial charge on any atom is -0.478 e. The van der Waals surface area contributed by atoms with Crippen LogP contribution in [0.1, 0.15) is 26.4 Å². The zero-order valence-corrected chi connectivity index (χ0v) is 8.04. The number of nitrogens with one attached hydrogen (secondary N) is 1. The molecule has 2 N–H and O–H groups in total. The summed E-state index contributed by atoms with van der Waals surface area (Å²) in [6, 6.07) is 3.16. The molecule has 0 radical (unpaired) electrons. The molecule has 0 unspecified atom stereocenters. The molecule has 0 aliphatic heterocycles. The number of hydrogen-bond donors (Lipinski definition) is 2. The van der Waals surface area contributed by atoms with Gasteiger partial charge in [-0.05, 0) is 12.1 Å². The molecule has 0 fully saturated rings. The van der Waals surface area contributed by atoms with Gasteiger partial charge in [0.15, 0.2) is 0 Å². The molecular formula is C10H7N3O3. The predicted octanol–water partition coefficient (Wildman–Crippen LogP) is 0.734. The second-order valence-corrected chi connectivity index (χ2v) is 3.03. The second-order valence-electron chi connectivity index (χ2n) is 3.03. The minimum absolute atomic E-state index is 0.0412. The molecule has 0 aliphatic rings. The first-order valence-corrected chi connectivity index (χ1v) is 4.41. The summed E-state index contributed by atoms with van der Waals surface area (Å²) < 4.78 is 0. The zero-order valence-electron chi connectivity index (χ0n) is 8.04. The van der Waals surface area contributed by atoms with E-state index in [2.05, 4.69) is 15.2 Å². The molecule has 0 saturated carbocycles. The van der Waals surface area contributed by atoms with Crippen molar-refractivity contribution in [2.45, 2.75) is 0 Å². The molecule has 2 aromatic heterocycles. The van der Waals surface area contributed by atoms with E-state index >= 15 is 0 Å². The molecule has 2 heterocycles. The van der Waals surface area contributed by atoms with Gasteiger partial charge in [-0.25, -0.2) is 4.79 Å². The summed E-state index contributed by atoms with van der Waals surface area (Å²) in [5, 5.41) is 14.7. The molecule has 2 aromatic rings. The van der Waals surface area contributed by atoms with Crippen molar-refractivity contribution in [3.63, 3.8) is 0 Å². The van der Waals surface area contributed by atoms with Gasteiger partial charge in [-0.1, -0.05) is 0 Å². The van der Waals surface area contributed by atoms with Crippen molar-refractivity contribution >= 4 is 11.8 Å². The number of aromatic carboxylic acids is 1. The standard InChI is InChI=1S/C10H7N3O3/c14-9(6-2-1-3-11-4-6)8-7(10(15)16)5-12-13-8/h1-5H,(H,12,13)(H,15,16). The third-order valence-electron chi connectivity index (χ3n) is 2.02. The van der Waals surface area contributed by atoms with Gasteiger partial charge < -0.3 is 5.11 Å². The van der Waals surface area contributed by atoms with Gasteiger partial charge in [-0.15, -0.1) is 0 Å². The van der Waals surface area contributed by atoms with Gasteiger partial charge in [0.05, 0.1) is 6.20 Å². The first kappa shape index (κ1) is 10.0. The molecule has 0 aliphatic carbocycles. The quantitative estimate of drug-likeness (QED) is 0.739. The number of carbonyl (C=O) groups is 2. The summed E-state index contributed by atoms with van der Waals surface area (Å²) in [5.41, 5.74) is 0.128. The SMILES string of the molecule is O=C(O)c1cn[nH]c1C(=O)c1cccnc1. The van der Waals surface area contributed by atoms with Gasteiger partial charge in [0.1, 0.15) is 11.3 Å². The number of H-pyrrole nitrogens is 1. The molecular weight excluding hydrogens is 210 g/mol. The van der Waals surface area contributed by atoms with Crippen LogP contribution in [0.25, 0.3) is 0 Å². The average molecular weight is 217 g/mol. The fraction of sp³-hybridized carbons (Fsp3) is 0. The molecule has 0 aromatic carbocycles. The summed E-state index contributed by atoms with van der Waals surface area (Å²) in [7, 11) is 0. The number of hydrogen-bond acceptors (Lipinski definition) is 4. The Kier molecular flexibility index (Phi) is 2.47. The fourth-order valence-corrected chi connectivity index (χ4v) is 1.26. The maximum Gasteiger partial charge on any atom is 0.339 e. The Bertz CT molecular complexity index is 533. The number of carboxylic acid groups (broad SMARTS) is 1. The molecule has 0 bridgehead atoms. The van der Waals surface area contributed by atoms with E-state index in [1.807, 2.05) is 0 Å². The molecule has 6 nitrogen and oxygen atoms in total. The van der Waals surface area contributed by atoms with Crippen LogP contribution in [-0.2, 0) is 0 Å². The molecule has 0 amide bonds. The lowest BCUT2D eigenvalue weighted by molar-refractivity contribution is 0.0693. The van der Waals surface area contributed by atoms with Gasteiger partial charge >= 0.3 is 5.97 Å². The Morgan fingerprint density at radius 3 is 2.75 bits per heavy atom. The number of rotatable bonds is 3. The number of carboxylic acids is 1. The van der Waals surface area contributed by atoms with E-state index < -0.39 is 11.8 Å². The zero-order chi connectivity index (χ0) is 11.5. The minimum atomic E-state index is -1.19. The highest BCUT2D eigenvalue weighted by atomic mass is 16.4. The molecule has 2 rings (SSSR count). The van der Waals surface area contributed by atoms with Gasteiger partial charge in [0.25, 0.3) is 0 Å². The van der Waals surface area contributed by atoms with E-state index in [-0.39, 0.29) is 11.3 Å². The summed E-state index contributed by atoms with van der Waals surface area (Å²) in [6.45, 7) is 0. The van der Waals surface area contributed by atoms with Crippen molar-refractivity contribution < 1.29 is 14.7 Å². The van der Waals surface area contributed by atoms with E-state index in [9.17, 15) is 9.59 Å². The summed E-state index contributed by atoms with van der Waals surface area (Å²) >= 11 is 0. The van der Waals surface area contributed by atoms with E-state index in [0.29, 0.717) is 5.56 Å². The van der Waals surface area contributed by atoms with Crippen molar-refractivity contribution in [3.05, 3.63) is 47.5 Å². The lowest BCUT2D eigenvalue weighted by atomic mass is 10.1. The third-order valence-corrected chi connectivity index (χ3v) is 2.02. The van der Waals surface area contributed by atoms with Gasteiger partial charge in [-0.3, -0.25) is 14.9 Å². The molecule has 0 saturated heterocycles. The number of aromatic amines is 1. The lowest BCUT2D eigenvalue weighted by Crippen LogP contribution is -2.08. The number of carbonyl (C=O) groups excluding carboxylic acids is 1. The van der Waals surface area contributed by atoms with Crippen molar-refractivity contribution in [2.24, 2.45) is 0 Å². The third kappa shape index (κ3) is 1.68. The normalized spacial score (nSPS) is 10.0. The largest absolute Gasteiger partial charge is 0.478 e. The maximum absolute atomic E-state index is 11.9. The molecule has 6 heteroatoms. The monoisotopic (exact) mass is 217 g/mol. The van der Waals surface area contributed by atoms with Crippen LogP contribution in [0, 0.1) is 0 Å². The van der Waals surface area contributed by atoms with Crippen LogP contribution in [-0.4, -0.2) is 32.0 Å². The van der Waals surface area contributed by atoms with Crippen LogP contribution >= 0.6 is 0 Å². The smallest absolute Gasteiger partial charge is 0.339 e. The maximum atomic E-state index is 11.9. The highest BCUT2D eigenvalue weighted by molar-refractivity contribution is 6.12. The summed E-state index contributed by atoms with van der Waals surface area (Å²) in [5.74, 6) is -1.64. The van der Waals surface area contributed by atoms with E-state index in [4.69, 9.17) is 5.11 Å². The van der Waals surface area contributed by atoms with Crippen LogP contribution in [0.5, 0.6) is 0 Å². The summed E-state index contributed by atoms with van der Waals surface area (Å²) in [6.07, 6.45) is 4.00. The van der Waals surface area contributed by atoms with Crippen LogP contribution in [0.4, 0.5) is 0 Å². The van der Waals surface area contributed by atoms with Gasteiger partial charge in [-0.2, -0.15) is 5.10 Å². The Labute approximate surface area is 90.0 Å². The number of ketones is 1. The first-order chi connectivity index (χ1) is 7.70. The highest BCUT2D eigenvalue weighted by Crippen LogP contribution is 2.10. The Hall–Kier alpha value is -2.50. The van der Waals surface area contributed by atoms with E-state index in [1.165, 1.54) is 12.4 Å². The van der Waals surface area contributed by atoms with Crippen LogP contribution < -0.4 is 0 Å². The van der Waals surface area contributed by atoms with Crippen molar-refractivity contribution in [1.82, 2.24) is 15.2 Å². The number of nitrogens with zero attached hydrogens (tertiary/aromatic N) is 2. The van der Waals surface area contributed by atoms with Crippen LogP contribution in [0.3, 0.4) is 0 Å². The Morgan fingerprint density at radius 2 is 2.12 bits per heavy atom. The number of pyridine rings is 1. The molecule has 80 valence electrons. The summed E-state index contributed by atoms with van der Waals surface area (Å²) in [4.78, 5) is 26.4. The van der Waals surface area contributed by atoms with Gasteiger partial charge in [0.2, 0.25) is 5.78 Å². The Morgan fingerprint density at radius 1 is 1.31 bits per heavy atom. The molecule has 16 heavy (non-hydrogen) atoms. The fourth-order valence-electron chi connectivity index (χ4n) is 1.26.